The highest BCUT2D eigenvalue weighted by molar-refractivity contribution is 6.12. The van der Waals surface area contributed by atoms with Crippen LogP contribution in [0.4, 0.5) is 9.59 Å². The van der Waals surface area contributed by atoms with Gasteiger partial charge in [0, 0.05) is 5.92 Å². The molecule has 0 spiro atoms. The molecule has 0 bridgehead atoms. The number of rotatable bonds is 5. The first-order valence-electron chi connectivity index (χ1n) is 9.87. The van der Waals surface area contributed by atoms with Crippen molar-refractivity contribution in [3.05, 3.63) is 11.3 Å². The van der Waals surface area contributed by atoms with Gasteiger partial charge in [0.2, 0.25) is 5.72 Å². The van der Waals surface area contributed by atoms with Crippen molar-refractivity contribution in [1.29, 1.82) is 0 Å². The largest absolute Gasteiger partial charge is 0.480 e. The van der Waals surface area contributed by atoms with Crippen molar-refractivity contribution in [3.63, 3.8) is 0 Å². The van der Waals surface area contributed by atoms with Crippen molar-refractivity contribution < 1.29 is 34.2 Å². The van der Waals surface area contributed by atoms with Crippen LogP contribution in [0.2, 0.25) is 0 Å². The number of hydrogen-bond acceptors (Lipinski definition) is 7. The van der Waals surface area contributed by atoms with E-state index in [-0.39, 0.29) is 17.7 Å². The van der Waals surface area contributed by atoms with E-state index in [4.69, 9.17) is 10.8 Å². The van der Waals surface area contributed by atoms with Gasteiger partial charge in [-0.2, -0.15) is 0 Å². The second-order valence-electron chi connectivity index (χ2n) is 7.50. The Labute approximate surface area is 181 Å². The molecule has 0 aromatic heterocycles. The number of nitrogens with one attached hydrogen (secondary N) is 4. The first kappa shape index (κ1) is 28.0. The molecule has 0 saturated carbocycles. The van der Waals surface area contributed by atoms with Crippen molar-refractivity contribution in [2.45, 2.75) is 66.2 Å². The number of aliphatic hydroxyl groups is 1. The van der Waals surface area contributed by atoms with E-state index in [1.54, 1.807) is 13.8 Å². The number of nitrogens with two attached hydrogens (primary N) is 1. The average molecular weight is 444 g/mol. The number of imide groups is 2. The van der Waals surface area contributed by atoms with Crippen molar-refractivity contribution in [2.24, 2.45) is 17.6 Å². The van der Waals surface area contributed by atoms with Gasteiger partial charge in [0.1, 0.15) is 11.7 Å². The third kappa shape index (κ3) is 7.98. The fourth-order valence-corrected chi connectivity index (χ4v) is 2.21. The highest BCUT2D eigenvalue weighted by Crippen LogP contribution is 2.16. The molecule has 2 aliphatic rings. The highest BCUT2D eigenvalue weighted by atomic mass is 16.4. The first-order valence-corrected chi connectivity index (χ1v) is 9.87. The summed E-state index contributed by atoms with van der Waals surface area (Å²) >= 11 is 0. The molecule has 2 fully saturated rings. The second-order valence-corrected chi connectivity index (χ2v) is 7.50. The van der Waals surface area contributed by atoms with Crippen molar-refractivity contribution in [3.8, 4) is 0 Å². The Bertz CT molecular complexity index is 750. The molecule has 176 valence electrons. The lowest BCUT2D eigenvalue weighted by molar-refractivity contribution is -0.141. The minimum Gasteiger partial charge on any atom is -0.480 e. The van der Waals surface area contributed by atoms with Crippen LogP contribution in [-0.4, -0.2) is 51.8 Å². The maximum absolute atomic E-state index is 10.9. The molecule has 2 saturated heterocycles. The Morgan fingerprint density at radius 3 is 1.81 bits per heavy atom. The van der Waals surface area contributed by atoms with E-state index < -0.39 is 35.7 Å². The second kappa shape index (κ2) is 12.0. The first-order chi connectivity index (χ1) is 14.2. The van der Waals surface area contributed by atoms with Crippen LogP contribution < -0.4 is 27.0 Å². The molecular weight excluding hydrogens is 410 g/mol. The molecule has 12 heteroatoms. The third-order valence-electron chi connectivity index (χ3n) is 4.90. The maximum atomic E-state index is 10.9. The number of carbonyl (C=O) groups is 5. The number of carboxylic acid groups (broad SMARTS) is 1. The van der Waals surface area contributed by atoms with E-state index in [9.17, 15) is 29.1 Å². The van der Waals surface area contributed by atoms with Gasteiger partial charge in [-0.25, -0.2) is 9.59 Å². The van der Waals surface area contributed by atoms with Crippen LogP contribution in [0.5, 0.6) is 0 Å². The average Bonchev–Trinajstić information content (AvgIpc) is 3.17. The number of carbonyl (C=O) groups excluding carboxylic acids is 4. The van der Waals surface area contributed by atoms with Gasteiger partial charge >= 0.3 is 18.0 Å². The van der Waals surface area contributed by atoms with E-state index >= 15 is 0 Å². The van der Waals surface area contributed by atoms with Crippen LogP contribution in [0, 0.1) is 11.8 Å². The zero-order chi connectivity index (χ0) is 24.5. The number of aliphatic carboxylic acids is 1. The maximum Gasteiger partial charge on any atom is 0.326 e. The van der Waals surface area contributed by atoms with Gasteiger partial charge in [0.05, 0.1) is 0 Å². The smallest absolute Gasteiger partial charge is 0.326 e. The van der Waals surface area contributed by atoms with Gasteiger partial charge in [-0.05, 0) is 24.8 Å². The quantitative estimate of drug-likeness (QED) is 0.229. The van der Waals surface area contributed by atoms with Crippen LogP contribution in [0.1, 0.15) is 54.4 Å². The number of urea groups is 2. The van der Waals surface area contributed by atoms with Crippen molar-refractivity contribution >= 4 is 29.8 Å². The van der Waals surface area contributed by atoms with Gasteiger partial charge in [0.25, 0.3) is 11.8 Å². The van der Waals surface area contributed by atoms with E-state index in [0.717, 1.165) is 18.4 Å². The number of carboxylic acids is 1. The van der Waals surface area contributed by atoms with Gasteiger partial charge < -0.3 is 26.6 Å². The van der Waals surface area contributed by atoms with Gasteiger partial charge in [0.15, 0.2) is 0 Å². The topological polar surface area (TPSA) is 200 Å². The van der Waals surface area contributed by atoms with Gasteiger partial charge in [-0.15, -0.1) is 0 Å². The molecule has 0 aromatic rings. The zero-order valence-corrected chi connectivity index (χ0v) is 18.7. The number of allylic oxidation sites excluding steroid dienone is 1. The van der Waals surface area contributed by atoms with E-state index in [1.165, 1.54) is 0 Å². The Balaban J connectivity index is 0.000000439. The molecule has 0 aromatic carbocycles. The Hall–Kier alpha value is -2.99. The number of hydrogen-bond donors (Lipinski definition) is 7. The zero-order valence-electron chi connectivity index (χ0n) is 18.7. The summed E-state index contributed by atoms with van der Waals surface area (Å²) in [6, 6.07) is -1.78. The summed E-state index contributed by atoms with van der Waals surface area (Å²) in [5.74, 6) is -2.19. The molecule has 0 aliphatic carbocycles. The molecule has 31 heavy (non-hydrogen) atoms. The summed E-state index contributed by atoms with van der Waals surface area (Å²) < 4.78 is 0. The van der Waals surface area contributed by atoms with E-state index in [0.29, 0.717) is 5.70 Å². The minimum atomic E-state index is -1.73. The molecule has 0 radical (unpaired) electrons. The highest BCUT2D eigenvalue weighted by Gasteiger charge is 2.46. The van der Waals surface area contributed by atoms with E-state index in [2.05, 4.69) is 16.0 Å². The monoisotopic (exact) mass is 443 g/mol. The predicted molar refractivity (Wildman–Crippen MR) is 111 cm³/mol. The van der Waals surface area contributed by atoms with Crippen LogP contribution in [-0.2, 0) is 14.4 Å². The summed E-state index contributed by atoms with van der Waals surface area (Å²) in [5.41, 5.74) is 4.84. The number of amides is 6. The summed E-state index contributed by atoms with van der Waals surface area (Å²) in [6.07, 6.45) is 1.58. The van der Waals surface area contributed by atoms with Crippen molar-refractivity contribution in [2.75, 3.05) is 0 Å². The Kier molecular flexibility index (Phi) is 10.8. The van der Waals surface area contributed by atoms with Gasteiger partial charge in [-0.1, -0.05) is 41.0 Å². The van der Waals surface area contributed by atoms with Gasteiger partial charge in [-0.3, -0.25) is 25.0 Å². The molecule has 8 N–H and O–H groups in total. The standard InChI is InChI=1S/C7H10N2O2.C6H10N2O3.C6H13NO2/c1-3-4(2)5-6(10)9-7(11)8-5;1-3(2)6(11)4(9)7-5(10)8-6;1-3-4(2)5(7)6(8)9/h3H2,1-2H3,(H2,8,9,10,11);3,11H,1-2H3,(H2,7,8,9,10);4-5H,3,7H2,1-2H3,(H,8,9)/t;;4-,5-/m..0/s1. The molecule has 2 rings (SSSR count). The summed E-state index contributed by atoms with van der Waals surface area (Å²) in [7, 11) is 0. The normalized spacial score (nSPS) is 23.3. The van der Waals surface area contributed by atoms with Crippen molar-refractivity contribution in [1.82, 2.24) is 21.3 Å². The molecular formula is C19H33N5O7. The third-order valence-corrected chi connectivity index (χ3v) is 4.90. The lowest BCUT2D eigenvalue weighted by Gasteiger charge is -2.22. The fourth-order valence-electron chi connectivity index (χ4n) is 2.21. The minimum absolute atomic E-state index is 0.0718. The van der Waals surface area contributed by atoms with Crippen LogP contribution in [0.15, 0.2) is 11.3 Å². The Morgan fingerprint density at radius 1 is 1.03 bits per heavy atom. The summed E-state index contributed by atoms with van der Waals surface area (Å²) in [5, 5.41) is 26.5. The summed E-state index contributed by atoms with van der Waals surface area (Å²) in [6.45, 7) is 10.8. The molecule has 2 heterocycles. The SMILES string of the molecule is CC(C)C1(O)NC(=O)NC1=O.CCC(C)=C1NC(=O)NC1=O.CC[C@H](C)[C@H](N)C(=O)O. The fraction of sp³-hybridized carbons (Fsp3) is 0.632. The lowest BCUT2D eigenvalue weighted by atomic mass is 10.0. The molecule has 6 amide bonds. The molecule has 3 atom stereocenters. The predicted octanol–water partition coefficient (Wildman–Crippen LogP) is 0.125. The summed E-state index contributed by atoms with van der Waals surface area (Å²) in [4.78, 5) is 53.2. The van der Waals surface area contributed by atoms with Crippen LogP contribution in [0.25, 0.3) is 0 Å². The lowest BCUT2D eigenvalue weighted by Crippen LogP contribution is -2.51. The van der Waals surface area contributed by atoms with Crippen LogP contribution in [0.3, 0.4) is 0 Å². The molecule has 12 nitrogen and oxygen atoms in total. The van der Waals surface area contributed by atoms with Crippen LogP contribution >= 0.6 is 0 Å². The Morgan fingerprint density at radius 2 is 1.58 bits per heavy atom. The molecule has 2 aliphatic heterocycles. The molecule has 1 unspecified atom stereocenters. The van der Waals surface area contributed by atoms with E-state index in [1.807, 2.05) is 33.0 Å².